The van der Waals surface area contributed by atoms with Crippen LogP contribution < -0.4 is 5.32 Å². The Bertz CT molecular complexity index is 1180. The summed E-state index contributed by atoms with van der Waals surface area (Å²) in [6.45, 7) is 3.48. The number of amides is 1. The first-order valence-electron chi connectivity index (χ1n) is 31.1. The van der Waals surface area contributed by atoms with Crippen molar-refractivity contribution < 1.29 is 50.0 Å². The summed E-state index contributed by atoms with van der Waals surface area (Å²) in [6, 6.07) is -1.18. The second kappa shape index (κ2) is 50.7. The standard InChI is InChI=1S/C61H119NO10/c1-3-5-7-9-11-13-15-17-19-21-23-24-25-26-27-28-29-30-31-33-35-37-39-41-43-45-47-49-54(65)60(70)62-52(51-71-61-59(69)58(68)57(67)55(50-63)72-61)56(66)53(64)48-46-44-42-40-38-36-34-32-22-20-18-16-14-12-10-8-6-4-2/h40,42,52-59,61,63-69H,3-39,41,43-51H2,1-2H3,(H,62,70)/b42-40+. The Labute approximate surface area is 442 Å². The van der Waals surface area contributed by atoms with E-state index >= 15 is 0 Å². The molecule has 0 aliphatic carbocycles. The molecule has 11 nitrogen and oxygen atoms in total. The summed E-state index contributed by atoms with van der Waals surface area (Å²) < 4.78 is 11.1. The van der Waals surface area contributed by atoms with E-state index in [0.29, 0.717) is 12.8 Å². The van der Waals surface area contributed by atoms with Gasteiger partial charge in [0, 0.05) is 0 Å². The summed E-state index contributed by atoms with van der Waals surface area (Å²) in [5, 5.41) is 76.2. The lowest BCUT2D eigenvalue weighted by Crippen LogP contribution is -2.60. The highest BCUT2D eigenvalue weighted by atomic mass is 16.7. The normalized spacial score (nSPS) is 20.0. The molecule has 0 spiro atoms. The van der Waals surface area contributed by atoms with Crippen LogP contribution in [-0.4, -0.2) is 110 Å². The van der Waals surface area contributed by atoms with Gasteiger partial charge in [-0.15, -0.1) is 0 Å². The zero-order chi connectivity index (χ0) is 52.5. The van der Waals surface area contributed by atoms with Gasteiger partial charge in [0.15, 0.2) is 6.29 Å². The molecular formula is C61H119NO10. The summed E-state index contributed by atoms with van der Waals surface area (Å²) in [6.07, 6.45) is 48.5. The topological polar surface area (TPSA) is 189 Å². The quantitative estimate of drug-likeness (QED) is 0.0215. The van der Waals surface area contributed by atoms with Gasteiger partial charge in [-0.3, -0.25) is 4.79 Å². The van der Waals surface area contributed by atoms with Crippen LogP contribution in [0.3, 0.4) is 0 Å². The predicted octanol–water partition coefficient (Wildman–Crippen LogP) is 13.5. The van der Waals surface area contributed by atoms with Gasteiger partial charge in [-0.1, -0.05) is 276 Å². The summed E-state index contributed by atoms with van der Waals surface area (Å²) in [5.74, 6) is -0.699. The molecule has 1 fully saturated rings. The Kier molecular flexibility index (Phi) is 48.4. The molecule has 72 heavy (non-hydrogen) atoms. The van der Waals surface area contributed by atoms with E-state index < -0.39 is 74.2 Å². The van der Waals surface area contributed by atoms with Gasteiger partial charge < -0.3 is 50.5 Å². The number of hydrogen-bond acceptors (Lipinski definition) is 10. The average molecular weight is 1030 g/mol. The van der Waals surface area contributed by atoms with Crippen LogP contribution >= 0.6 is 0 Å². The zero-order valence-electron chi connectivity index (χ0n) is 46.9. The smallest absolute Gasteiger partial charge is 0.249 e. The largest absolute Gasteiger partial charge is 0.394 e. The lowest BCUT2D eigenvalue weighted by molar-refractivity contribution is -0.303. The van der Waals surface area contributed by atoms with E-state index in [1.807, 2.05) is 0 Å². The molecule has 1 aliphatic heterocycles. The van der Waals surface area contributed by atoms with Gasteiger partial charge in [0.05, 0.1) is 25.4 Å². The van der Waals surface area contributed by atoms with Gasteiger partial charge in [0.2, 0.25) is 5.91 Å². The van der Waals surface area contributed by atoms with E-state index in [1.165, 1.54) is 225 Å². The van der Waals surface area contributed by atoms with Gasteiger partial charge in [0.25, 0.3) is 0 Å². The first-order valence-corrected chi connectivity index (χ1v) is 31.1. The van der Waals surface area contributed by atoms with Crippen molar-refractivity contribution in [2.45, 2.75) is 358 Å². The summed E-state index contributed by atoms with van der Waals surface area (Å²) in [7, 11) is 0. The number of rotatable bonds is 54. The highest BCUT2D eigenvalue weighted by Crippen LogP contribution is 2.24. The van der Waals surface area contributed by atoms with Crippen molar-refractivity contribution in [1.29, 1.82) is 0 Å². The van der Waals surface area contributed by atoms with Crippen molar-refractivity contribution >= 4 is 5.91 Å². The van der Waals surface area contributed by atoms with E-state index in [-0.39, 0.29) is 12.8 Å². The van der Waals surface area contributed by atoms with Crippen molar-refractivity contribution in [3.63, 3.8) is 0 Å². The summed E-state index contributed by atoms with van der Waals surface area (Å²) in [4.78, 5) is 13.2. The van der Waals surface area contributed by atoms with Crippen LogP contribution in [0.15, 0.2) is 12.2 Å². The minimum absolute atomic E-state index is 0.260. The fourth-order valence-corrected chi connectivity index (χ4v) is 10.3. The summed E-state index contributed by atoms with van der Waals surface area (Å²) in [5.41, 5.74) is 0. The lowest BCUT2D eigenvalue weighted by Gasteiger charge is -2.40. The van der Waals surface area contributed by atoms with Crippen LogP contribution in [0.25, 0.3) is 0 Å². The minimum Gasteiger partial charge on any atom is -0.394 e. The number of carbonyl (C=O) groups is 1. The maximum absolute atomic E-state index is 13.2. The molecule has 428 valence electrons. The van der Waals surface area contributed by atoms with E-state index in [9.17, 15) is 40.5 Å². The number of nitrogens with one attached hydrogen (secondary N) is 1. The fraction of sp³-hybridized carbons (Fsp3) is 0.951. The molecule has 1 heterocycles. The molecule has 0 aromatic heterocycles. The number of hydrogen-bond donors (Lipinski definition) is 8. The van der Waals surface area contributed by atoms with Crippen molar-refractivity contribution in [3.05, 3.63) is 12.2 Å². The van der Waals surface area contributed by atoms with E-state index in [1.54, 1.807) is 0 Å². The molecule has 1 aliphatic rings. The van der Waals surface area contributed by atoms with Gasteiger partial charge in [-0.25, -0.2) is 0 Å². The van der Waals surface area contributed by atoms with Crippen LogP contribution in [0.5, 0.6) is 0 Å². The molecule has 9 unspecified atom stereocenters. The molecule has 0 aromatic carbocycles. The minimum atomic E-state index is -1.67. The maximum atomic E-state index is 13.2. The molecule has 11 heteroatoms. The van der Waals surface area contributed by atoms with Crippen molar-refractivity contribution in [2.75, 3.05) is 13.2 Å². The molecule has 8 N–H and O–H groups in total. The lowest BCUT2D eigenvalue weighted by atomic mass is 9.98. The number of aliphatic hydroxyl groups excluding tert-OH is 7. The van der Waals surface area contributed by atoms with Gasteiger partial charge in [-0.05, 0) is 38.5 Å². The Morgan fingerprint density at radius 3 is 1.19 bits per heavy atom. The first kappa shape index (κ1) is 68.9. The molecule has 0 aromatic rings. The Morgan fingerprint density at radius 1 is 0.472 bits per heavy atom. The van der Waals surface area contributed by atoms with E-state index in [2.05, 4.69) is 31.3 Å². The summed E-state index contributed by atoms with van der Waals surface area (Å²) >= 11 is 0. The van der Waals surface area contributed by atoms with Crippen LogP contribution in [0.2, 0.25) is 0 Å². The predicted molar refractivity (Wildman–Crippen MR) is 298 cm³/mol. The third kappa shape index (κ3) is 38.4. The van der Waals surface area contributed by atoms with Crippen molar-refractivity contribution in [1.82, 2.24) is 5.32 Å². The maximum Gasteiger partial charge on any atom is 0.249 e. The highest BCUT2D eigenvalue weighted by Gasteiger charge is 2.44. The fourth-order valence-electron chi connectivity index (χ4n) is 10.3. The monoisotopic (exact) mass is 1030 g/mol. The number of carbonyl (C=O) groups excluding carboxylic acids is 1. The molecular weight excluding hydrogens is 907 g/mol. The van der Waals surface area contributed by atoms with Crippen LogP contribution in [0, 0.1) is 0 Å². The number of aliphatic hydroxyl groups is 7. The van der Waals surface area contributed by atoms with Gasteiger partial charge in [0.1, 0.15) is 36.6 Å². The van der Waals surface area contributed by atoms with Crippen LogP contribution in [0.4, 0.5) is 0 Å². The van der Waals surface area contributed by atoms with Crippen LogP contribution in [-0.2, 0) is 14.3 Å². The molecule has 9 atom stereocenters. The Morgan fingerprint density at radius 2 is 0.819 bits per heavy atom. The molecule has 1 saturated heterocycles. The number of allylic oxidation sites excluding steroid dienone is 2. The Hall–Kier alpha value is -1.15. The second-order valence-corrected chi connectivity index (χ2v) is 22.1. The molecule has 0 saturated carbocycles. The second-order valence-electron chi connectivity index (χ2n) is 22.1. The third-order valence-electron chi connectivity index (χ3n) is 15.3. The zero-order valence-corrected chi connectivity index (χ0v) is 46.9. The van der Waals surface area contributed by atoms with Crippen molar-refractivity contribution in [2.24, 2.45) is 0 Å². The van der Waals surface area contributed by atoms with Gasteiger partial charge in [-0.2, -0.15) is 0 Å². The molecule has 0 radical (unpaired) electrons. The Balaban J connectivity index is 2.25. The molecule has 1 rings (SSSR count). The first-order chi connectivity index (χ1) is 35.2. The number of ether oxygens (including phenoxy) is 2. The van der Waals surface area contributed by atoms with E-state index in [0.717, 1.165) is 38.5 Å². The van der Waals surface area contributed by atoms with E-state index in [4.69, 9.17) is 9.47 Å². The number of unbranched alkanes of at least 4 members (excludes halogenated alkanes) is 40. The van der Waals surface area contributed by atoms with Crippen LogP contribution in [0.1, 0.15) is 303 Å². The highest BCUT2D eigenvalue weighted by molar-refractivity contribution is 5.80. The average Bonchev–Trinajstić information content (AvgIpc) is 3.38. The van der Waals surface area contributed by atoms with Gasteiger partial charge >= 0.3 is 0 Å². The third-order valence-corrected chi connectivity index (χ3v) is 15.3. The molecule has 0 bridgehead atoms. The van der Waals surface area contributed by atoms with Crippen molar-refractivity contribution in [3.8, 4) is 0 Å². The SMILES string of the molecule is CCCCCCCCCCCCCCC/C=C/CCCC(O)C(O)C(COC1OC(CO)C(O)C(O)C1O)NC(=O)C(O)CCCCCCCCCCCCCCCCCCCCCCCCCCCCC. The molecule has 1 amide bonds.